The first-order valence-electron chi connectivity index (χ1n) is 3.13. The summed E-state index contributed by atoms with van der Waals surface area (Å²) in [7, 11) is 0. The summed E-state index contributed by atoms with van der Waals surface area (Å²) in [5.41, 5.74) is 1.42. The first-order valence-corrected chi connectivity index (χ1v) is 3.13. The van der Waals surface area contributed by atoms with Gasteiger partial charge in [-0.1, -0.05) is 13.8 Å². The summed E-state index contributed by atoms with van der Waals surface area (Å²) in [5, 5.41) is 0. The van der Waals surface area contributed by atoms with Gasteiger partial charge < -0.3 is 4.42 Å². The first-order chi connectivity index (χ1) is 4.20. The fourth-order valence-electron chi connectivity index (χ4n) is 1.33. The van der Waals surface area contributed by atoms with E-state index >= 15 is 0 Å². The van der Waals surface area contributed by atoms with E-state index in [2.05, 4.69) is 18.8 Å². The van der Waals surface area contributed by atoms with Crippen LogP contribution in [0.1, 0.15) is 25.3 Å². The van der Waals surface area contributed by atoms with E-state index in [-0.39, 0.29) is 5.41 Å². The van der Waals surface area contributed by atoms with E-state index in [0.29, 0.717) is 0 Å². The Hall–Kier alpha value is -0.790. The molecule has 0 aromatic carbocycles. The molecule has 0 bridgehead atoms. The van der Waals surface area contributed by atoms with Gasteiger partial charge in [0.25, 0.3) is 0 Å². The summed E-state index contributed by atoms with van der Waals surface area (Å²) in [6.45, 7) is 4.36. The van der Waals surface area contributed by atoms with Gasteiger partial charge in [-0.2, -0.15) is 0 Å². The topological polar surface area (TPSA) is 26.0 Å². The molecule has 2 nitrogen and oxygen atoms in total. The number of rotatable bonds is 0. The third-order valence-corrected chi connectivity index (χ3v) is 1.88. The molecule has 0 N–H and O–H groups in total. The van der Waals surface area contributed by atoms with E-state index in [9.17, 15) is 0 Å². The van der Waals surface area contributed by atoms with Crippen molar-refractivity contribution in [2.45, 2.75) is 25.7 Å². The smallest absolute Gasteiger partial charge is 0.181 e. The zero-order valence-corrected chi connectivity index (χ0v) is 5.64. The van der Waals surface area contributed by atoms with E-state index in [1.165, 1.54) is 6.39 Å². The molecule has 48 valence electrons. The molecule has 0 atom stereocenters. The highest BCUT2D eigenvalue weighted by atomic mass is 16.3. The number of oxazole rings is 1. The van der Waals surface area contributed by atoms with Crippen molar-refractivity contribution in [3.05, 3.63) is 17.8 Å². The van der Waals surface area contributed by atoms with Crippen LogP contribution in [0.3, 0.4) is 0 Å². The van der Waals surface area contributed by atoms with Crippen LogP contribution in [-0.4, -0.2) is 4.98 Å². The fraction of sp³-hybridized carbons (Fsp3) is 0.571. The summed E-state index contributed by atoms with van der Waals surface area (Å²) < 4.78 is 5.08. The molecule has 0 fully saturated rings. The van der Waals surface area contributed by atoms with Crippen molar-refractivity contribution >= 4 is 0 Å². The van der Waals surface area contributed by atoms with Crippen LogP contribution in [-0.2, 0) is 11.8 Å². The zero-order valence-electron chi connectivity index (χ0n) is 5.64. The summed E-state index contributed by atoms with van der Waals surface area (Å²) in [5.74, 6) is 1.07. The third-order valence-electron chi connectivity index (χ3n) is 1.88. The van der Waals surface area contributed by atoms with Crippen molar-refractivity contribution in [3.8, 4) is 0 Å². The highest BCUT2D eigenvalue weighted by Gasteiger charge is 2.38. The highest BCUT2D eigenvalue weighted by molar-refractivity contribution is 5.30. The molecule has 0 saturated heterocycles. The molecule has 1 aliphatic carbocycles. The van der Waals surface area contributed by atoms with Gasteiger partial charge in [-0.05, 0) is 0 Å². The van der Waals surface area contributed by atoms with E-state index in [1.807, 2.05) is 0 Å². The summed E-state index contributed by atoms with van der Waals surface area (Å²) in [6, 6.07) is 0. The molecule has 0 amide bonds. The predicted octanol–water partition coefficient (Wildman–Crippen LogP) is 1.51. The van der Waals surface area contributed by atoms with Crippen LogP contribution in [0.4, 0.5) is 0 Å². The van der Waals surface area contributed by atoms with Crippen LogP contribution >= 0.6 is 0 Å². The van der Waals surface area contributed by atoms with Crippen LogP contribution in [0, 0.1) is 0 Å². The van der Waals surface area contributed by atoms with Crippen molar-refractivity contribution in [2.24, 2.45) is 0 Å². The highest BCUT2D eigenvalue weighted by Crippen LogP contribution is 2.38. The Balaban J connectivity index is 2.53. The van der Waals surface area contributed by atoms with Gasteiger partial charge in [0.2, 0.25) is 0 Å². The second kappa shape index (κ2) is 1.20. The number of hydrogen-bond donors (Lipinski definition) is 0. The Kier molecular flexibility index (Phi) is 0.672. The molecule has 0 spiro atoms. The van der Waals surface area contributed by atoms with Crippen LogP contribution in [0.2, 0.25) is 0 Å². The van der Waals surface area contributed by atoms with Crippen molar-refractivity contribution in [1.29, 1.82) is 0 Å². The lowest BCUT2D eigenvalue weighted by Crippen LogP contribution is -2.31. The monoisotopic (exact) mass is 123 g/mol. The van der Waals surface area contributed by atoms with Crippen LogP contribution in [0.15, 0.2) is 10.8 Å². The molecule has 2 rings (SSSR count). The van der Waals surface area contributed by atoms with Crippen LogP contribution in [0.5, 0.6) is 0 Å². The minimum atomic E-state index is 0.280. The normalized spacial score (nSPS) is 20.7. The second-order valence-corrected chi connectivity index (χ2v) is 3.18. The Morgan fingerprint density at radius 3 is 2.89 bits per heavy atom. The number of fused-ring (bicyclic) bond motifs is 1. The SMILES string of the molecule is CC1(C)Cc2ocnc21. The number of aromatic nitrogens is 1. The molecule has 1 heterocycles. The quantitative estimate of drug-likeness (QED) is 0.522. The molecule has 1 aromatic rings. The molecule has 1 aliphatic rings. The van der Waals surface area contributed by atoms with E-state index in [1.54, 1.807) is 0 Å². The molecule has 0 saturated carbocycles. The molecule has 9 heavy (non-hydrogen) atoms. The molecule has 0 radical (unpaired) electrons. The Morgan fingerprint density at radius 2 is 2.44 bits per heavy atom. The standard InChI is InChI=1S/C7H9NO/c1-7(2)3-5-6(7)8-4-9-5/h4H,3H2,1-2H3. The van der Waals surface area contributed by atoms with E-state index < -0.39 is 0 Å². The van der Waals surface area contributed by atoms with E-state index in [4.69, 9.17) is 4.42 Å². The maximum atomic E-state index is 5.08. The largest absolute Gasteiger partial charge is 0.448 e. The maximum Gasteiger partial charge on any atom is 0.181 e. The van der Waals surface area contributed by atoms with E-state index in [0.717, 1.165) is 17.9 Å². The molecular formula is C7H9NO. The van der Waals surface area contributed by atoms with Crippen molar-refractivity contribution in [1.82, 2.24) is 4.98 Å². The van der Waals surface area contributed by atoms with Gasteiger partial charge in [-0.3, -0.25) is 0 Å². The van der Waals surface area contributed by atoms with Gasteiger partial charge in [-0.15, -0.1) is 0 Å². The van der Waals surface area contributed by atoms with Gasteiger partial charge in [0.05, 0.1) is 5.69 Å². The number of hydrogen-bond acceptors (Lipinski definition) is 2. The second-order valence-electron chi connectivity index (χ2n) is 3.18. The maximum absolute atomic E-state index is 5.08. The summed E-state index contributed by atoms with van der Waals surface area (Å²) in [4.78, 5) is 4.09. The lowest BCUT2D eigenvalue weighted by Gasteiger charge is -2.30. The van der Waals surface area contributed by atoms with Crippen LogP contribution in [0.25, 0.3) is 0 Å². The number of nitrogens with zero attached hydrogens (tertiary/aromatic N) is 1. The Bertz CT molecular complexity index is 237. The minimum absolute atomic E-state index is 0.280. The van der Waals surface area contributed by atoms with Gasteiger partial charge in [0.1, 0.15) is 5.76 Å². The van der Waals surface area contributed by atoms with Crippen molar-refractivity contribution in [2.75, 3.05) is 0 Å². The van der Waals surface area contributed by atoms with Crippen molar-refractivity contribution in [3.63, 3.8) is 0 Å². The lowest BCUT2D eigenvalue weighted by molar-refractivity contribution is 0.362. The zero-order chi connectivity index (χ0) is 6.48. The Morgan fingerprint density at radius 1 is 1.67 bits per heavy atom. The van der Waals surface area contributed by atoms with Gasteiger partial charge in [0.15, 0.2) is 6.39 Å². The van der Waals surface area contributed by atoms with Crippen LogP contribution < -0.4 is 0 Å². The first kappa shape index (κ1) is 5.03. The third kappa shape index (κ3) is 0.479. The molecule has 0 aliphatic heterocycles. The van der Waals surface area contributed by atoms with Gasteiger partial charge >= 0.3 is 0 Å². The van der Waals surface area contributed by atoms with Gasteiger partial charge in [-0.25, -0.2) is 4.98 Å². The summed E-state index contributed by atoms with van der Waals surface area (Å²) in [6.07, 6.45) is 2.57. The molecular weight excluding hydrogens is 114 g/mol. The summed E-state index contributed by atoms with van der Waals surface area (Å²) >= 11 is 0. The predicted molar refractivity (Wildman–Crippen MR) is 33.2 cm³/mol. The average molecular weight is 123 g/mol. The molecule has 0 unspecified atom stereocenters. The van der Waals surface area contributed by atoms with Crippen molar-refractivity contribution < 1.29 is 4.42 Å². The molecule has 1 aromatic heterocycles. The Labute approximate surface area is 53.9 Å². The minimum Gasteiger partial charge on any atom is -0.448 e. The average Bonchev–Trinajstić information content (AvgIpc) is 2.10. The fourth-order valence-corrected chi connectivity index (χ4v) is 1.33. The lowest BCUT2D eigenvalue weighted by atomic mass is 9.74. The van der Waals surface area contributed by atoms with Gasteiger partial charge in [0, 0.05) is 11.8 Å². The molecule has 2 heteroatoms.